The zero-order chi connectivity index (χ0) is 13.8. The molecule has 1 aromatic rings. The largest absolute Gasteiger partial charge is 0.311 e. The lowest BCUT2D eigenvalue weighted by atomic mass is 10.0. The van der Waals surface area contributed by atoms with Gasteiger partial charge >= 0.3 is 0 Å². The molecule has 1 heterocycles. The molecule has 1 aromatic carbocycles. The summed E-state index contributed by atoms with van der Waals surface area (Å²) in [6, 6.07) is 6.19. The van der Waals surface area contributed by atoms with Crippen molar-refractivity contribution in [2.24, 2.45) is 0 Å². The third-order valence-electron chi connectivity index (χ3n) is 3.95. The van der Waals surface area contributed by atoms with Crippen molar-refractivity contribution in [1.82, 2.24) is 5.32 Å². The van der Waals surface area contributed by atoms with Crippen LogP contribution in [0.1, 0.15) is 37.3 Å². The molecule has 1 amide bonds. The van der Waals surface area contributed by atoms with Crippen molar-refractivity contribution in [1.29, 1.82) is 0 Å². The molecule has 0 aliphatic carbocycles. The van der Waals surface area contributed by atoms with Gasteiger partial charge in [-0.25, -0.2) is 0 Å². The smallest absolute Gasteiger partial charge is 0.244 e. The van der Waals surface area contributed by atoms with E-state index in [1.54, 1.807) is 0 Å². The molecule has 1 unspecified atom stereocenters. The third-order valence-corrected chi connectivity index (χ3v) is 3.95. The highest BCUT2D eigenvalue weighted by atomic mass is 16.2. The predicted octanol–water partition coefficient (Wildman–Crippen LogP) is 2.80. The fourth-order valence-electron chi connectivity index (χ4n) is 2.65. The molecule has 1 aliphatic rings. The van der Waals surface area contributed by atoms with Gasteiger partial charge in [0.2, 0.25) is 5.91 Å². The van der Waals surface area contributed by atoms with Crippen molar-refractivity contribution < 1.29 is 4.79 Å². The van der Waals surface area contributed by atoms with Gasteiger partial charge in [0.1, 0.15) is 0 Å². The number of piperidine rings is 1. The quantitative estimate of drug-likeness (QED) is 0.903. The van der Waals surface area contributed by atoms with E-state index in [-0.39, 0.29) is 11.9 Å². The predicted molar refractivity (Wildman–Crippen MR) is 79.6 cm³/mol. The van der Waals surface area contributed by atoms with Crippen molar-refractivity contribution in [2.75, 3.05) is 18.0 Å². The number of rotatable bonds is 4. The Kier molecular flexibility index (Phi) is 4.59. The number of nitrogens with one attached hydrogen (secondary N) is 1. The fourth-order valence-corrected chi connectivity index (χ4v) is 2.65. The molecule has 0 radical (unpaired) electrons. The molecule has 0 spiro atoms. The summed E-state index contributed by atoms with van der Waals surface area (Å²) in [4.78, 5) is 14.5. The molecule has 0 bridgehead atoms. The van der Waals surface area contributed by atoms with Gasteiger partial charge in [-0.3, -0.25) is 4.79 Å². The van der Waals surface area contributed by atoms with Gasteiger partial charge in [0.05, 0.1) is 6.04 Å². The molecule has 1 aliphatic heterocycles. The second kappa shape index (κ2) is 6.20. The third kappa shape index (κ3) is 2.98. The van der Waals surface area contributed by atoms with Gasteiger partial charge in [0.25, 0.3) is 0 Å². The van der Waals surface area contributed by atoms with Crippen molar-refractivity contribution >= 4 is 11.6 Å². The number of carbonyl (C=O) groups excluding carboxylic acids is 1. The second-order valence-corrected chi connectivity index (χ2v) is 5.36. The summed E-state index contributed by atoms with van der Waals surface area (Å²) in [7, 11) is 0. The van der Waals surface area contributed by atoms with Gasteiger partial charge in [0.15, 0.2) is 0 Å². The summed E-state index contributed by atoms with van der Waals surface area (Å²) >= 11 is 0. The Labute approximate surface area is 116 Å². The van der Waals surface area contributed by atoms with E-state index in [0.29, 0.717) is 0 Å². The number of benzene rings is 1. The molecule has 3 heteroatoms. The van der Waals surface area contributed by atoms with Crippen LogP contribution in [0.2, 0.25) is 0 Å². The number of aryl methyl sites for hydroxylation is 1. The molecule has 0 saturated carbocycles. The van der Waals surface area contributed by atoms with E-state index in [0.717, 1.165) is 38.0 Å². The topological polar surface area (TPSA) is 32.3 Å². The maximum Gasteiger partial charge on any atom is 0.244 e. The lowest BCUT2D eigenvalue weighted by molar-refractivity contribution is -0.121. The number of hydrogen-bond donors (Lipinski definition) is 1. The first-order valence-corrected chi connectivity index (χ1v) is 7.26. The first kappa shape index (κ1) is 14.1. The van der Waals surface area contributed by atoms with E-state index in [2.05, 4.69) is 38.2 Å². The monoisotopic (exact) mass is 260 g/mol. The van der Waals surface area contributed by atoms with E-state index >= 15 is 0 Å². The molecule has 1 fully saturated rings. The molecule has 1 saturated heterocycles. The van der Waals surface area contributed by atoms with E-state index in [4.69, 9.17) is 0 Å². The molecule has 19 heavy (non-hydrogen) atoms. The van der Waals surface area contributed by atoms with Crippen molar-refractivity contribution in [3.8, 4) is 0 Å². The Morgan fingerprint density at radius 3 is 2.89 bits per heavy atom. The minimum atomic E-state index is -0.00591. The number of amides is 1. The van der Waals surface area contributed by atoms with E-state index in [9.17, 15) is 4.79 Å². The summed E-state index contributed by atoms with van der Waals surface area (Å²) < 4.78 is 0. The average Bonchev–Trinajstić information content (AvgIpc) is 2.41. The number of hydrogen-bond acceptors (Lipinski definition) is 2. The van der Waals surface area contributed by atoms with E-state index in [1.165, 1.54) is 11.1 Å². The Balaban J connectivity index is 2.19. The van der Waals surface area contributed by atoms with Crippen LogP contribution in [-0.2, 0) is 4.79 Å². The zero-order valence-corrected chi connectivity index (χ0v) is 12.2. The van der Waals surface area contributed by atoms with Crippen LogP contribution in [0.4, 0.5) is 5.69 Å². The second-order valence-electron chi connectivity index (χ2n) is 5.36. The molecule has 2 rings (SSSR count). The molecule has 104 valence electrons. The molecule has 1 atom stereocenters. The number of nitrogens with zero attached hydrogens (tertiary/aromatic N) is 1. The maximum absolute atomic E-state index is 12.6. The lowest BCUT2D eigenvalue weighted by Gasteiger charge is -2.34. The summed E-state index contributed by atoms with van der Waals surface area (Å²) in [6.07, 6.45) is 3.09. The SMILES string of the molecule is CCCNC1CCCN(c2cccc(C)c2C)C1=O. The summed E-state index contributed by atoms with van der Waals surface area (Å²) in [5.41, 5.74) is 3.54. The normalized spacial score (nSPS) is 19.8. The van der Waals surface area contributed by atoms with Crippen LogP contribution >= 0.6 is 0 Å². The molecular formula is C16H24N2O. The first-order valence-electron chi connectivity index (χ1n) is 7.26. The van der Waals surface area contributed by atoms with E-state index in [1.807, 2.05) is 11.0 Å². The minimum absolute atomic E-state index is 0.00591. The standard InChI is InChI=1S/C16H24N2O/c1-4-10-17-14-8-6-11-18(16(14)19)15-9-5-7-12(2)13(15)3/h5,7,9,14,17H,4,6,8,10-11H2,1-3H3. The Hall–Kier alpha value is -1.35. The maximum atomic E-state index is 12.6. The molecule has 3 nitrogen and oxygen atoms in total. The lowest BCUT2D eigenvalue weighted by Crippen LogP contribution is -2.51. The van der Waals surface area contributed by atoms with Gasteiger partial charge in [0, 0.05) is 12.2 Å². The van der Waals surface area contributed by atoms with Crippen molar-refractivity contribution in [3.05, 3.63) is 29.3 Å². The Bertz CT molecular complexity index is 456. The Morgan fingerprint density at radius 2 is 2.16 bits per heavy atom. The van der Waals surface area contributed by atoms with Gasteiger partial charge in [-0.2, -0.15) is 0 Å². The first-order chi connectivity index (χ1) is 9.15. The highest BCUT2D eigenvalue weighted by Gasteiger charge is 2.29. The van der Waals surface area contributed by atoms with E-state index < -0.39 is 0 Å². The van der Waals surface area contributed by atoms with Crippen LogP contribution in [-0.4, -0.2) is 25.0 Å². The van der Waals surface area contributed by atoms with Crippen LogP contribution in [0.5, 0.6) is 0 Å². The van der Waals surface area contributed by atoms with Crippen LogP contribution in [0, 0.1) is 13.8 Å². The van der Waals surface area contributed by atoms with Crippen LogP contribution in [0.25, 0.3) is 0 Å². The van der Waals surface area contributed by atoms with Crippen LogP contribution < -0.4 is 10.2 Å². The average molecular weight is 260 g/mol. The zero-order valence-electron chi connectivity index (χ0n) is 12.2. The highest BCUT2D eigenvalue weighted by molar-refractivity contribution is 5.98. The van der Waals surface area contributed by atoms with Gasteiger partial charge < -0.3 is 10.2 Å². The minimum Gasteiger partial charge on any atom is -0.311 e. The highest BCUT2D eigenvalue weighted by Crippen LogP contribution is 2.26. The molecular weight excluding hydrogens is 236 g/mol. The number of carbonyl (C=O) groups is 1. The summed E-state index contributed by atoms with van der Waals surface area (Å²) in [5.74, 6) is 0.230. The van der Waals surface area contributed by atoms with Crippen LogP contribution in [0.15, 0.2) is 18.2 Å². The summed E-state index contributed by atoms with van der Waals surface area (Å²) in [5, 5.41) is 3.36. The van der Waals surface area contributed by atoms with Gasteiger partial charge in [-0.1, -0.05) is 19.1 Å². The summed E-state index contributed by atoms with van der Waals surface area (Å²) in [6.45, 7) is 8.08. The number of anilines is 1. The Morgan fingerprint density at radius 1 is 1.37 bits per heavy atom. The van der Waals surface area contributed by atoms with Crippen molar-refractivity contribution in [3.63, 3.8) is 0 Å². The van der Waals surface area contributed by atoms with Gasteiger partial charge in [-0.05, 0) is 56.8 Å². The van der Waals surface area contributed by atoms with Gasteiger partial charge in [-0.15, -0.1) is 0 Å². The van der Waals surface area contributed by atoms with Crippen molar-refractivity contribution in [2.45, 2.75) is 46.1 Å². The van der Waals surface area contributed by atoms with Crippen LogP contribution in [0.3, 0.4) is 0 Å². The fraction of sp³-hybridized carbons (Fsp3) is 0.562. The molecule has 1 N–H and O–H groups in total. The molecule has 0 aromatic heterocycles.